The molecular formula is C18H19N3O3. The third-order valence-electron chi connectivity index (χ3n) is 3.43. The second kappa shape index (κ2) is 8.44. The van der Waals surface area contributed by atoms with Gasteiger partial charge in [-0.05, 0) is 36.8 Å². The molecule has 6 nitrogen and oxygen atoms in total. The van der Waals surface area contributed by atoms with E-state index in [0.717, 1.165) is 17.1 Å². The maximum absolute atomic E-state index is 12.2. The average molecular weight is 325 g/mol. The molecule has 1 aromatic carbocycles. The monoisotopic (exact) mass is 325 g/mol. The van der Waals surface area contributed by atoms with Gasteiger partial charge < -0.3 is 19.8 Å². The fraction of sp³-hybridized carbons (Fsp3) is 0.222. The minimum atomic E-state index is -0.437. The third-order valence-corrected chi connectivity index (χ3v) is 3.43. The lowest BCUT2D eigenvalue weighted by Crippen LogP contribution is -2.28. The first-order valence-electron chi connectivity index (χ1n) is 7.45. The second-order valence-electron chi connectivity index (χ2n) is 5.10. The van der Waals surface area contributed by atoms with E-state index in [-0.39, 0.29) is 11.6 Å². The van der Waals surface area contributed by atoms with Gasteiger partial charge in [-0.25, -0.2) is 0 Å². The van der Waals surface area contributed by atoms with Gasteiger partial charge in [0.2, 0.25) is 0 Å². The molecule has 0 spiro atoms. The van der Waals surface area contributed by atoms with Crippen LogP contribution in [0.2, 0.25) is 0 Å². The molecule has 6 heteroatoms. The number of nitriles is 1. The Balaban J connectivity index is 1.93. The van der Waals surface area contributed by atoms with Crippen LogP contribution in [0, 0.1) is 11.3 Å². The first-order chi connectivity index (χ1) is 11.6. The Hall–Kier alpha value is -3.20. The van der Waals surface area contributed by atoms with E-state index < -0.39 is 5.91 Å². The molecule has 0 radical (unpaired) electrons. The third kappa shape index (κ3) is 4.65. The topological polar surface area (TPSA) is 87.3 Å². The van der Waals surface area contributed by atoms with Crippen molar-refractivity contribution < 1.29 is 13.9 Å². The maximum atomic E-state index is 12.2. The van der Waals surface area contributed by atoms with E-state index in [0.29, 0.717) is 6.54 Å². The summed E-state index contributed by atoms with van der Waals surface area (Å²) < 4.78 is 10.3. The lowest BCUT2D eigenvalue weighted by molar-refractivity contribution is -0.117. The molecular weight excluding hydrogens is 306 g/mol. The second-order valence-corrected chi connectivity index (χ2v) is 5.10. The zero-order valence-electron chi connectivity index (χ0n) is 13.6. The Bertz CT molecular complexity index is 728. The quantitative estimate of drug-likeness (QED) is 0.603. The predicted molar refractivity (Wildman–Crippen MR) is 88.8 cm³/mol. The Labute approximate surface area is 140 Å². The fourth-order valence-corrected chi connectivity index (χ4v) is 2.07. The van der Waals surface area contributed by atoms with E-state index in [4.69, 9.17) is 14.4 Å². The number of furan rings is 1. The van der Waals surface area contributed by atoms with Crippen LogP contribution < -0.4 is 15.4 Å². The molecule has 1 amide bonds. The Morgan fingerprint density at radius 3 is 2.71 bits per heavy atom. The maximum Gasteiger partial charge on any atom is 0.263 e. The molecule has 124 valence electrons. The predicted octanol–water partition coefficient (Wildman–Crippen LogP) is 2.66. The Morgan fingerprint density at radius 1 is 1.38 bits per heavy atom. The van der Waals surface area contributed by atoms with Crippen LogP contribution in [0.5, 0.6) is 5.75 Å². The van der Waals surface area contributed by atoms with Crippen LogP contribution in [-0.4, -0.2) is 13.0 Å². The molecule has 0 aliphatic carbocycles. The molecule has 2 aromatic rings. The van der Waals surface area contributed by atoms with Gasteiger partial charge in [0.05, 0.1) is 26.0 Å². The number of carbonyl (C=O) groups excluding carboxylic acids is 1. The summed E-state index contributed by atoms with van der Waals surface area (Å²) in [6.45, 7) is 2.25. The number of hydrogen-bond acceptors (Lipinski definition) is 5. The molecule has 0 saturated heterocycles. The standard InChI is InChI=1S/C18H19N3O3/c1-13(14-5-7-16(23-2)8-6-14)21-18(22)15(10-19)11-20-12-17-4-3-9-24-17/h3-9,11,13,20H,12H2,1-2H3,(H,21,22)/b15-11-. The van der Waals surface area contributed by atoms with Crippen LogP contribution in [0.15, 0.2) is 58.9 Å². The smallest absolute Gasteiger partial charge is 0.263 e. The minimum absolute atomic E-state index is 0.00178. The molecule has 1 atom stereocenters. The molecule has 1 heterocycles. The largest absolute Gasteiger partial charge is 0.497 e. The first kappa shape index (κ1) is 17.2. The van der Waals surface area contributed by atoms with Crippen molar-refractivity contribution in [3.63, 3.8) is 0 Å². The number of rotatable bonds is 7. The number of methoxy groups -OCH3 is 1. The summed E-state index contributed by atoms with van der Waals surface area (Å²) in [5.41, 5.74) is 0.923. The van der Waals surface area contributed by atoms with Crippen molar-refractivity contribution in [1.82, 2.24) is 10.6 Å². The number of nitrogens with one attached hydrogen (secondary N) is 2. The van der Waals surface area contributed by atoms with Crippen LogP contribution in [0.3, 0.4) is 0 Å². The highest BCUT2D eigenvalue weighted by Crippen LogP contribution is 2.17. The highest BCUT2D eigenvalue weighted by molar-refractivity contribution is 5.97. The molecule has 0 saturated carbocycles. The molecule has 2 N–H and O–H groups in total. The van der Waals surface area contributed by atoms with Gasteiger partial charge in [-0.2, -0.15) is 5.26 Å². The number of ether oxygens (including phenoxy) is 1. The summed E-state index contributed by atoms with van der Waals surface area (Å²) in [5, 5.41) is 14.8. The molecule has 0 aliphatic rings. The summed E-state index contributed by atoms with van der Waals surface area (Å²) in [6.07, 6.45) is 2.95. The van der Waals surface area contributed by atoms with E-state index in [1.807, 2.05) is 37.3 Å². The normalized spacial score (nSPS) is 12.1. The fourth-order valence-electron chi connectivity index (χ4n) is 2.07. The van der Waals surface area contributed by atoms with E-state index in [1.54, 1.807) is 25.5 Å². The van der Waals surface area contributed by atoms with Gasteiger partial charge in [-0.1, -0.05) is 12.1 Å². The number of amides is 1. The van der Waals surface area contributed by atoms with Crippen molar-refractivity contribution in [2.24, 2.45) is 0 Å². The zero-order chi connectivity index (χ0) is 17.4. The van der Waals surface area contributed by atoms with Crippen LogP contribution >= 0.6 is 0 Å². The van der Waals surface area contributed by atoms with Crippen molar-refractivity contribution in [2.75, 3.05) is 7.11 Å². The van der Waals surface area contributed by atoms with E-state index in [9.17, 15) is 4.79 Å². The number of nitrogens with zero attached hydrogens (tertiary/aromatic N) is 1. The first-order valence-corrected chi connectivity index (χ1v) is 7.45. The van der Waals surface area contributed by atoms with Crippen molar-refractivity contribution in [2.45, 2.75) is 19.5 Å². The Kier molecular flexibility index (Phi) is 6.03. The van der Waals surface area contributed by atoms with Gasteiger partial charge in [0.25, 0.3) is 5.91 Å². The van der Waals surface area contributed by atoms with Gasteiger partial charge >= 0.3 is 0 Å². The lowest BCUT2D eigenvalue weighted by Gasteiger charge is -2.14. The summed E-state index contributed by atoms with van der Waals surface area (Å²) in [5.74, 6) is 1.03. The van der Waals surface area contributed by atoms with Crippen LogP contribution in [0.4, 0.5) is 0 Å². The molecule has 0 fully saturated rings. The lowest BCUT2D eigenvalue weighted by atomic mass is 10.1. The van der Waals surface area contributed by atoms with Crippen LogP contribution in [0.25, 0.3) is 0 Å². The Morgan fingerprint density at radius 2 is 2.12 bits per heavy atom. The van der Waals surface area contributed by atoms with Gasteiger partial charge in [-0.3, -0.25) is 4.79 Å². The van der Waals surface area contributed by atoms with Crippen molar-refractivity contribution in [1.29, 1.82) is 5.26 Å². The molecule has 1 aromatic heterocycles. The van der Waals surface area contributed by atoms with E-state index in [2.05, 4.69) is 10.6 Å². The minimum Gasteiger partial charge on any atom is -0.497 e. The number of carbonyl (C=O) groups is 1. The average Bonchev–Trinajstić information content (AvgIpc) is 3.12. The summed E-state index contributed by atoms with van der Waals surface area (Å²) in [6, 6.07) is 12.6. The SMILES string of the molecule is COc1ccc(C(C)NC(=O)/C(C#N)=C\NCc2ccco2)cc1. The summed E-state index contributed by atoms with van der Waals surface area (Å²) in [4.78, 5) is 12.2. The molecule has 1 unspecified atom stereocenters. The van der Waals surface area contributed by atoms with E-state index in [1.165, 1.54) is 6.20 Å². The van der Waals surface area contributed by atoms with Gasteiger partial charge in [-0.15, -0.1) is 0 Å². The van der Waals surface area contributed by atoms with Crippen molar-refractivity contribution >= 4 is 5.91 Å². The van der Waals surface area contributed by atoms with Gasteiger partial charge in [0, 0.05) is 6.20 Å². The van der Waals surface area contributed by atoms with Crippen molar-refractivity contribution in [3.05, 3.63) is 65.8 Å². The molecule has 2 rings (SSSR count). The highest BCUT2D eigenvalue weighted by atomic mass is 16.5. The van der Waals surface area contributed by atoms with E-state index >= 15 is 0 Å². The molecule has 0 aliphatic heterocycles. The number of benzene rings is 1. The zero-order valence-corrected chi connectivity index (χ0v) is 13.6. The number of hydrogen-bond donors (Lipinski definition) is 2. The summed E-state index contributed by atoms with van der Waals surface area (Å²) >= 11 is 0. The summed E-state index contributed by atoms with van der Waals surface area (Å²) in [7, 11) is 1.60. The molecule has 0 bridgehead atoms. The highest BCUT2D eigenvalue weighted by Gasteiger charge is 2.13. The van der Waals surface area contributed by atoms with Crippen molar-refractivity contribution in [3.8, 4) is 11.8 Å². The van der Waals surface area contributed by atoms with Gasteiger partial charge in [0.15, 0.2) is 0 Å². The van der Waals surface area contributed by atoms with Crippen LogP contribution in [0.1, 0.15) is 24.3 Å². The molecule has 24 heavy (non-hydrogen) atoms. The van der Waals surface area contributed by atoms with Crippen LogP contribution in [-0.2, 0) is 11.3 Å². The van der Waals surface area contributed by atoms with Gasteiger partial charge in [0.1, 0.15) is 23.2 Å².